The molecular formula is C4H6. The van der Waals surface area contributed by atoms with Crippen LogP contribution in [0.3, 0.4) is 0 Å². The molecule has 0 unspecified atom stereocenters. The third-order valence-electron chi connectivity index (χ3n) is 0.192. The molecule has 0 aliphatic carbocycles. The van der Waals surface area contributed by atoms with Crippen molar-refractivity contribution in [2.24, 2.45) is 0 Å². The van der Waals surface area contributed by atoms with Crippen LogP contribution in [-0.2, 0) is 0 Å². The van der Waals surface area contributed by atoms with Crippen molar-refractivity contribution in [1.82, 2.24) is 0 Å². The Hall–Kier alpha value is -0.260. The standard InChI is InChI=1S/C4H6/c1-3-4-2/h1,3-4H,2H3. The molecule has 0 atom stereocenters. The number of hydrogen-bond donors (Lipinski definition) is 0. The molecule has 0 amide bonds. The molecule has 0 spiro atoms. The third-order valence-corrected chi connectivity index (χ3v) is 0.192. The van der Waals surface area contributed by atoms with Gasteiger partial charge in [0.1, 0.15) is 0 Å². The Labute approximate surface area is 27.1 Å². The molecule has 0 nitrogen and oxygen atoms in total. The molecule has 2 radical (unpaired) electrons. The van der Waals surface area contributed by atoms with Gasteiger partial charge in [-0.3, -0.25) is 0 Å². The van der Waals surface area contributed by atoms with Crippen LogP contribution in [0, 0.1) is 6.92 Å². The van der Waals surface area contributed by atoms with E-state index in [2.05, 4.69) is 0 Å². The van der Waals surface area contributed by atoms with E-state index in [-0.39, 0.29) is 0 Å². The van der Waals surface area contributed by atoms with E-state index >= 15 is 0 Å². The molecule has 0 heterocycles. The van der Waals surface area contributed by atoms with E-state index in [1.54, 1.807) is 6.08 Å². The van der Waals surface area contributed by atoms with Crippen LogP contribution in [0.15, 0.2) is 12.2 Å². The zero-order valence-corrected chi connectivity index (χ0v) is 2.73. The molecule has 0 rings (SSSR count). The first-order valence-corrected chi connectivity index (χ1v) is 1.24. The maximum absolute atomic E-state index is 4.85. The lowest BCUT2D eigenvalue weighted by atomic mass is 10.6. The summed E-state index contributed by atoms with van der Waals surface area (Å²) in [7, 11) is 0. The van der Waals surface area contributed by atoms with Crippen molar-refractivity contribution in [1.29, 1.82) is 0 Å². The zero-order chi connectivity index (χ0) is 3.41. The second-order valence-corrected chi connectivity index (χ2v) is 0.526. The summed E-state index contributed by atoms with van der Waals surface area (Å²) < 4.78 is 0. The SMILES string of the molecule is [CH]C=CC. The predicted molar refractivity (Wildman–Crippen MR) is 19.1 cm³/mol. The monoisotopic (exact) mass is 54.0 g/mol. The fraction of sp³-hybridized carbons (Fsp3) is 0.250. The van der Waals surface area contributed by atoms with Crippen LogP contribution >= 0.6 is 0 Å². The fourth-order valence-electron chi connectivity index (χ4n) is 0. The average molecular weight is 54.1 g/mol. The molecule has 4 heavy (non-hydrogen) atoms. The van der Waals surface area contributed by atoms with Crippen LogP contribution in [0.5, 0.6) is 0 Å². The molecular weight excluding hydrogens is 48.0 g/mol. The van der Waals surface area contributed by atoms with E-state index in [9.17, 15) is 0 Å². The van der Waals surface area contributed by atoms with E-state index in [4.69, 9.17) is 6.92 Å². The summed E-state index contributed by atoms with van der Waals surface area (Å²) in [6.45, 7) is 6.72. The van der Waals surface area contributed by atoms with Crippen molar-refractivity contribution in [3.05, 3.63) is 19.1 Å². The zero-order valence-electron chi connectivity index (χ0n) is 2.73. The van der Waals surface area contributed by atoms with Gasteiger partial charge in [-0.2, -0.15) is 0 Å². The van der Waals surface area contributed by atoms with Crippen molar-refractivity contribution in [2.75, 3.05) is 0 Å². The van der Waals surface area contributed by atoms with Crippen molar-refractivity contribution < 1.29 is 0 Å². The van der Waals surface area contributed by atoms with Crippen molar-refractivity contribution >= 4 is 0 Å². The van der Waals surface area contributed by atoms with Gasteiger partial charge >= 0.3 is 0 Å². The lowest BCUT2D eigenvalue weighted by Gasteiger charge is -1.48. The van der Waals surface area contributed by atoms with Gasteiger partial charge in [-0.1, -0.05) is 12.2 Å². The van der Waals surface area contributed by atoms with E-state index < -0.39 is 0 Å². The number of allylic oxidation sites excluding steroid dienone is 2. The molecule has 0 saturated heterocycles. The molecule has 0 saturated carbocycles. The van der Waals surface area contributed by atoms with Gasteiger partial charge in [-0.05, 0) is 13.8 Å². The number of hydrogen-bond acceptors (Lipinski definition) is 0. The summed E-state index contributed by atoms with van der Waals surface area (Å²) in [6.07, 6.45) is 3.28. The lowest BCUT2D eigenvalue weighted by Crippen LogP contribution is -1.27. The molecule has 0 aromatic heterocycles. The van der Waals surface area contributed by atoms with Gasteiger partial charge in [0.25, 0.3) is 0 Å². The van der Waals surface area contributed by atoms with Gasteiger partial charge in [-0.25, -0.2) is 0 Å². The van der Waals surface area contributed by atoms with Crippen LogP contribution in [0.2, 0.25) is 0 Å². The van der Waals surface area contributed by atoms with Crippen LogP contribution in [-0.4, -0.2) is 0 Å². The van der Waals surface area contributed by atoms with Gasteiger partial charge in [0.2, 0.25) is 0 Å². The molecule has 0 N–H and O–H groups in total. The fourth-order valence-corrected chi connectivity index (χ4v) is 0. The molecule has 0 fully saturated rings. The van der Waals surface area contributed by atoms with E-state index in [1.807, 2.05) is 6.92 Å². The lowest BCUT2D eigenvalue weighted by molar-refractivity contribution is 1.74. The Morgan fingerprint density at radius 3 is 2.00 bits per heavy atom. The third kappa shape index (κ3) is 1.74. The highest BCUT2D eigenvalue weighted by Gasteiger charge is 1.35. The maximum atomic E-state index is 4.85. The Bertz CT molecular complexity index is 15.2. The summed E-state index contributed by atoms with van der Waals surface area (Å²) in [5.41, 5.74) is 0. The van der Waals surface area contributed by atoms with Crippen LogP contribution in [0.1, 0.15) is 6.92 Å². The van der Waals surface area contributed by atoms with Gasteiger partial charge in [0.15, 0.2) is 0 Å². The largest absolute Gasteiger partial charge is 0.0913 e. The topological polar surface area (TPSA) is 0 Å². The van der Waals surface area contributed by atoms with Crippen molar-refractivity contribution in [3.8, 4) is 0 Å². The smallest absolute Gasteiger partial charge is 0.00959 e. The first-order chi connectivity index (χ1) is 1.91. The minimum Gasteiger partial charge on any atom is -0.0913 e. The van der Waals surface area contributed by atoms with Gasteiger partial charge in [0, 0.05) is 0 Å². The second kappa shape index (κ2) is 2.74. The number of rotatable bonds is 0. The first kappa shape index (κ1) is 3.74. The quantitative estimate of drug-likeness (QED) is 0.390. The van der Waals surface area contributed by atoms with Crippen molar-refractivity contribution in [2.45, 2.75) is 6.92 Å². The van der Waals surface area contributed by atoms with Gasteiger partial charge in [0.05, 0.1) is 0 Å². The molecule has 0 aromatic carbocycles. The average Bonchev–Trinajstić information content (AvgIpc) is 1.37. The molecule has 0 aromatic rings. The normalized spacial score (nSPS) is 9.50. The van der Waals surface area contributed by atoms with Crippen molar-refractivity contribution in [3.63, 3.8) is 0 Å². The summed E-state index contributed by atoms with van der Waals surface area (Å²) in [5, 5.41) is 0. The molecule has 0 aliphatic rings. The molecule has 22 valence electrons. The van der Waals surface area contributed by atoms with Crippen LogP contribution in [0.25, 0.3) is 0 Å². The minimum atomic E-state index is 1.50. The summed E-state index contributed by atoms with van der Waals surface area (Å²) in [4.78, 5) is 0. The Kier molecular flexibility index (Phi) is 2.56. The summed E-state index contributed by atoms with van der Waals surface area (Å²) in [5.74, 6) is 0. The highest BCUT2D eigenvalue weighted by molar-refractivity contribution is 4.78. The molecule has 0 bridgehead atoms. The maximum Gasteiger partial charge on any atom is -0.00959 e. The first-order valence-electron chi connectivity index (χ1n) is 1.24. The Morgan fingerprint density at radius 1 is 1.75 bits per heavy atom. The van der Waals surface area contributed by atoms with Crippen LogP contribution in [0.4, 0.5) is 0 Å². The highest BCUT2D eigenvalue weighted by atomic mass is 13.4. The Morgan fingerprint density at radius 2 is 2.00 bits per heavy atom. The van der Waals surface area contributed by atoms with E-state index in [1.165, 1.54) is 6.08 Å². The van der Waals surface area contributed by atoms with Gasteiger partial charge < -0.3 is 0 Å². The summed E-state index contributed by atoms with van der Waals surface area (Å²) >= 11 is 0. The van der Waals surface area contributed by atoms with E-state index in [0.717, 1.165) is 0 Å². The molecule has 0 aliphatic heterocycles. The van der Waals surface area contributed by atoms with Gasteiger partial charge in [-0.15, -0.1) is 0 Å². The Balaban J connectivity index is 2.55. The second-order valence-electron chi connectivity index (χ2n) is 0.526. The predicted octanol–water partition coefficient (Wildman–Crippen LogP) is 1.27. The molecule has 0 heteroatoms. The van der Waals surface area contributed by atoms with E-state index in [0.29, 0.717) is 0 Å². The minimum absolute atomic E-state index is 1.50. The van der Waals surface area contributed by atoms with Crippen LogP contribution < -0.4 is 0 Å². The highest BCUT2D eigenvalue weighted by Crippen LogP contribution is 1.56. The summed E-state index contributed by atoms with van der Waals surface area (Å²) in [6, 6.07) is 0.